The number of nitrogens with two attached hydrogens (primary N) is 1. The zero-order chi connectivity index (χ0) is 19.5. The number of para-hydroxylation sites is 1. The number of nitrogens with zero attached hydrogens (tertiary/aromatic N) is 4. The van der Waals surface area contributed by atoms with E-state index in [1.807, 2.05) is 48.5 Å². The quantitative estimate of drug-likeness (QED) is 0.372. The topological polar surface area (TPSA) is 92.0 Å². The van der Waals surface area contributed by atoms with E-state index in [4.69, 9.17) is 26.6 Å². The van der Waals surface area contributed by atoms with Crippen LogP contribution in [0.1, 0.15) is 5.89 Å². The molecule has 28 heavy (non-hydrogen) atoms. The number of rotatable bonds is 6. The van der Waals surface area contributed by atoms with Gasteiger partial charge in [0.2, 0.25) is 11.0 Å². The first-order valence-corrected chi connectivity index (χ1v) is 9.69. The van der Waals surface area contributed by atoms with E-state index in [1.54, 1.807) is 13.3 Å². The molecule has 0 atom stereocenters. The summed E-state index contributed by atoms with van der Waals surface area (Å²) in [5, 5.41) is 9.58. The Morgan fingerprint density at radius 3 is 2.71 bits per heavy atom. The van der Waals surface area contributed by atoms with Crippen molar-refractivity contribution in [2.24, 2.45) is 0 Å². The fourth-order valence-corrected chi connectivity index (χ4v) is 3.48. The van der Waals surface area contributed by atoms with E-state index in [9.17, 15) is 0 Å². The van der Waals surface area contributed by atoms with Crippen molar-refractivity contribution < 1.29 is 9.15 Å². The molecule has 0 amide bonds. The number of oxazole rings is 1. The second-order valence-electron chi connectivity index (χ2n) is 5.79. The number of methoxy groups -OCH3 is 1. The maximum absolute atomic E-state index is 6.19. The van der Waals surface area contributed by atoms with E-state index >= 15 is 0 Å². The summed E-state index contributed by atoms with van der Waals surface area (Å²) in [7, 11) is 1.60. The van der Waals surface area contributed by atoms with Gasteiger partial charge in [-0.25, -0.2) is 9.66 Å². The lowest BCUT2D eigenvalue weighted by Gasteiger charge is -2.07. The summed E-state index contributed by atoms with van der Waals surface area (Å²) in [6.45, 7) is 0. The molecule has 2 aromatic carbocycles. The van der Waals surface area contributed by atoms with E-state index in [-0.39, 0.29) is 0 Å². The largest absolute Gasteiger partial charge is 0.496 e. The molecule has 4 aromatic rings. The van der Waals surface area contributed by atoms with Crippen LogP contribution in [-0.2, 0) is 5.75 Å². The van der Waals surface area contributed by atoms with Gasteiger partial charge in [0.05, 0.1) is 24.6 Å². The number of ether oxygens (including phenoxy) is 1. The van der Waals surface area contributed by atoms with E-state index in [1.165, 1.54) is 16.4 Å². The standard InChI is InChI=1S/C19H16ClN5O2S/c1-26-15-5-3-2-4-14(15)18-23-24-19(25(18)21)28-11-17-22-10-16(27-17)12-6-8-13(20)9-7-12/h2-10H,11,21H2,1H3. The Balaban J connectivity index is 1.49. The minimum atomic E-state index is 0.467. The highest BCUT2D eigenvalue weighted by Gasteiger charge is 2.16. The van der Waals surface area contributed by atoms with Gasteiger partial charge in [-0.3, -0.25) is 0 Å². The van der Waals surface area contributed by atoms with Crippen LogP contribution < -0.4 is 10.6 Å². The van der Waals surface area contributed by atoms with Crippen molar-refractivity contribution in [3.8, 4) is 28.5 Å². The van der Waals surface area contributed by atoms with Crippen molar-refractivity contribution in [2.75, 3.05) is 13.0 Å². The molecule has 4 rings (SSSR count). The van der Waals surface area contributed by atoms with Crippen molar-refractivity contribution in [2.45, 2.75) is 10.9 Å². The Hall–Kier alpha value is -2.97. The summed E-state index contributed by atoms with van der Waals surface area (Å²) in [6, 6.07) is 14.9. The molecular weight excluding hydrogens is 398 g/mol. The summed E-state index contributed by atoms with van der Waals surface area (Å²) in [5.41, 5.74) is 1.68. The van der Waals surface area contributed by atoms with E-state index < -0.39 is 0 Å². The fourth-order valence-electron chi connectivity index (χ4n) is 2.64. The molecule has 7 nitrogen and oxygen atoms in total. The summed E-state index contributed by atoms with van der Waals surface area (Å²) in [5.74, 6) is 9.10. The first kappa shape index (κ1) is 18.4. The molecule has 142 valence electrons. The molecule has 0 saturated heterocycles. The van der Waals surface area contributed by atoms with Crippen LogP contribution in [0.15, 0.2) is 64.3 Å². The molecule has 0 unspecified atom stereocenters. The predicted octanol–water partition coefficient (Wildman–Crippen LogP) is 4.27. The zero-order valence-corrected chi connectivity index (χ0v) is 16.4. The highest BCUT2D eigenvalue weighted by molar-refractivity contribution is 7.98. The van der Waals surface area contributed by atoms with Crippen molar-refractivity contribution in [3.63, 3.8) is 0 Å². The van der Waals surface area contributed by atoms with Gasteiger partial charge in [0.1, 0.15) is 5.75 Å². The van der Waals surface area contributed by atoms with Crippen molar-refractivity contribution in [1.82, 2.24) is 19.9 Å². The number of thioether (sulfide) groups is 1. The number of hydrogen-bond acceptors (Lipinski definition) is 7. The maximum Gasteiger partial charge on any atom is 0.210 e. The lowest BCUT2D eigenvalue weighted by atomic mass is 10.2. The molecule has 0 aliphatic rings. The Labute approximate surface area is 170 Å². The molecule has 2 aromatic heterocycles. The minimum absolute atomic E-state index is 0.467. The molecular formula is C19H16ClN5O2S. The smallest absolute Gasteiger partial charge is 0.210 e. The van der Waals surface area contributed by atoms with Gasteiger partial charge >= 0.3 is 0 Å². The van der Waals surface area contributed by atoms with E-state index in [2.05, 4.69) is 15.2 Å². The monoisotopic (exact) mass is 413 g/mol. The average Bonchev–Trinajstić information content (AvgIpc) is 3.34. The summed E-state index contributed by atoms with van der Waals surface area (Å²) < 4.78 is 12.6. The molecule has 2 N–H and O–H groups in total. The normalized spacial score (nSPS) is 10.9. The molecule has 0 radical (unpaired) electrons. The van der Waals surface area contributed by atoms with Gasteiger partial charge in [0.15, 0.2) is 11.6 Å². The van der Waals surface area contributed by atoms with Crippen LogP contribution in [-0.4, -0.2) is 27.0 Å². The van der Waals surface area contributed by atoms with E-state index in [0.29, 0.717) is 39.2 Å². The SMILES string of the molecule is COc1ccccc1-c1nnc(SCc2ncc(-c3ccc(Cl)cc3)o2)n1N. The third kappa shape index (κ3) is 3.69. The Bertz CT molecular complexity index is 1090. The highest BCUT2D eigenvalue weighted by Crippen LogP contribution is 2.30. The summed E-state index contributed by atoms with van der Waals surface area (Å²) in [4.78, 5) is 4.31. The second-order valence-corrected chi connectivity index (χ2v) is 7.17. The second kappa shape index (κ2) is 7.95. The van der Waals surface area contributed by atoms with Crippen molar-refractivity contribution in [3.05, 3.63) is 65.6 Å². The molecule has 0 spiro atoms. The van der Waals surface area contributed by atoms with Crippen LogP contribution in [0.3, 0.4) is 0 Å². The molecule has 2 heterocycles. The zero-order valence-electron chi connectivity index (χ0n) is 14.9. The predicted molar refractivity (Wildman–Crippen MR) is 109 cm³/mol. The highest BCUT2D eigenvalue weighted by atomic mass is 35.5. The maximum atomic E-state index is 6.19. The fraction of sp³-hybridized carbons (Fsp3) is 0.105. The van der Waals surface area contributed by atoms with Gasteiger partial charge < -0.3 is 15.0 Å². The molecule has 0 fully saturated rings. The third-order valence-corrected chi connectivity index (χ3v) is 5.20. The van der Waals surface area contributed by atoms with Gasteiger partial charge in [-0.1, -0.05) is 35.5 Å². The Kier molecular flexibility index (Phi) is 5.23. The number of nitrogen functional groups attached to an aromatic ring is 1. The van der Waals surface area contributed by atoms with Gasteiger partial charge in [0, 0.05) is 10.6 Å². The van der Waals surface area contributed by atoms with Gasteiger partial charge in [-0.15, -0.1) is 10.2 Å². The lowest BCUT2D eigenvalue weighted by molar-refractivity contribution is 0.416. The van der Waals surface area contributed by atoms with Gasteiger partial charge in [-0.2, -0.15) is 0 Å². The van der Waals surface area contributed by atoms with Gasteiger partial charge in [0.25, 0.3) is 0 Å². The van der Waals surface area contributed by atoms with Crippen LogP contribution in [0.25, 0.3) is 22.7 Å². The lowest BCUT2D eigenvalue weighted by Crippen LogP contribution is -2.12. The molecule has 0 bridgehead atoms. The van der Waals surface area contributed by atoms with E-state index in [0.717, 1.165) is 11.1 Å². The van der Waals surface area contributed by atoms with Crippen LogP contribution >= 0.6 is 23.4 Å². The molecule has 0 saturated carbocycles. The molecule has 0 aliphatic carbocycles. The van der Waals surface area contributed by atoms with Crippen LogP contribution in [0, 0.1) is 0 Å². The number of halogens is 1. The van der Waals surface area contributed by atoms with Crippen molar-refractivity contribution >= 4 is 23.4 Å². The van der Waals surface area contributed by atoms with Crippen LogP contribution in [0.4, 0.5) is 0 Å². The number of hydrogen-bond donors (Lipinski definition) is 1. The first-order chi connectivity index (χ1) is 13.7. The van der Waals surface area contributed by atoms with Gasteiger partial charge in [-0.05, 0) is 36.4 Å². The summed E-state index contributed by atoms with van der Waals surface area (Å²) >= 11 is 7.30. The minimum Gasteiger partial charge on any atom is -0.496 e. The van der Waals surface area contributed by atoms with Crippen LogP contribution in [0.2, 0.25) is 5.02 Å². The van der Waals surface area contributed by atoms with Crippen molar-refractivity contribution in [1.29, 1.82) is 0 Å². The summed E-state index contributed by atoms with van der Waals surface area (Å²) in [6.07, 6.45) is 1.69. The Morgan fingerprint density at radius 2 is 1.93 bits per heavy atom. The average molecular weight is 414 g/mol. The number of aromatic nitrogens is 4. The molecule has 0 aliphatic heterocycles. The van der Waals surface area contributed by atoms with Crippen LogP contribution in [0.5, 0.6) is 5.75 Å². The Morgan fingerprint density at radius 1 is 1.14 bits per heavy atom. The first-order valence-electron chi connectivity index (χ1n) is 8.33. The third-order valence-electron chi connectivity index (χ3n) is 4.02. The molecule has 9 heteroatoms. The number of benzene rings is 2.